The third-order valence-electron chi connectivity index (χ3n) is 4.53. The van der Waals surface area contributed by atoms with Gasteiger partial charge in [-0.25, -0.2) is 0 Å². The second-order valence-corrected chi connectivity index (χ2v) is 5.76. The predicted molar refractivity (Wildman–Crippen MR) is 77.8 cm³/mol. The van der Waals surface area contributed by atoms with Crippen LogP contribution in [0.4, 0.5) is 5.69 Å². The normalized spacial score (nSPS) is 28.1. The van der Waals surface area contributed by atoms with Crippen LogP contribution in [0, 0.1) is 0 Å². The molecule has 1 amide bonds. The number of anilines is 1. The number of amides is 1. The van der Waals surface area contributed by atoms with Gasteiger partial charge in [0.15, 0.2) is 6.54 Å². The van der Waals surface area contributed by atoms with Gasteiger partial charge in [-0.05, 0) is 12.1 Å². The van der Waals surface area contributed by atoms with E-state index in [0.29, 0.717) is 12.3 Å². The number of nitrogens with zero attached hydrogens (tertiary/aromatic N) is 2. The highest BCUT2D eigenvalue weighted by Gasteiger charge is 2.39. The molecule has 4 rings (SSSR count). The van der Waals surface area contributed by atoms with E-state index < -0.39 is 0 Å². The molecule has 108 valence electrons. The molecular weight excluding hydrogens is 254 g/mol. The number of carbonyl (C=O) groups is 1. The number of methoxy groups -OCH3 is 1. The molecule has 0 spiro atoms. The maximum atomic E-state index is 12.3. The molecule has 3 saturated heterocycles. The molecule has 5 heteroatoms. The number of benzene rings is 1. The van der Waals surface area contributed by atoms with Crippen molar-refractivity contribution in [2.45, 2.75) is 0 Å². The van der Waals surface area contributed by atoms with Gasteiger partial charge in [-0.15, -0.1) is 0 Å². The van der Waals surface area contributed by atoms with Crippen molar-refractivity contribution in [3.05, 3.63) is 24.3 Å². The van der Waals surface area contributed by atoms with Crippen molar-refractivity contribution in [3.8, 4) is 5.75 Å². The fourth-order valence-corrected chi connectivity index (χ4v) is 3.21. The van der Waals surface area contributed by atoms with Crippen LogP contribution in [0.2, 0.25) is 0 Å². The highest BCUT2D eigenvalue weighted by atomic mass is 16.5. The van der Waals surface area contributed by atoms with Gasteiger partial charge in [0.1, 0.15) is 5.75 Å². The molecule has 2 bridgehead atoms. The van der Waals surface area contributed by atoms with Gasteiger partial charge in [-0.1, -0.05) is 12.1 Å². The van der Waals surface area contributed by atoms with E-state index in [-0.39, 0.29) is 5.91 Å². The Balaban J connectivity index is 1.65. The average molecular weight is 276 g/mol. The number of quaternary nitrogens is 1. The lowest BCUT2D eigenvalue weighted by atomic mass is 10.1. The monoisotopic (exact) mass is 276 g/mol. The molecule has 0 radical (unpaired) electrons. The van der Waals surface area contributed by atoms with Crippen molar-refractivity contribution in [1.82, 2.24) is 4.90 Å². The minimum Gasteiger partial charge on any atom is -0.495 e. The Morgan fingerprint density at radius 3 is 2.55 bits per heavy atom. The number of hydrogen-bond donors (Lipinski definition) is 1. The molecule has 5 nitrogen and oxygen atoms in total. The van der Waals surface area contributed by atoms with Gasteiger partial charge < -0.3 is 14.5 Å². The Kier molecular flexibility index (Phi) is 3.63. The predicted octanol–water partition coefficient (Wildman–Crippen LogP) is 0.780. The molecule has 0 atom stereocenters. The van der Waals surface area contributed by atoms with E-state index in [1.165, 1.54) is 0 Å². The van der Waals surface area contributed by atoms with Crippen molar-refractivity contribution in [1.29, 1.82) is 0 Å². The molecule has 0 unspecified atom stereocenters. The summed E-state index contributed by atoms with van der Waals surface area (Å²) >= 11 is 0. The summed E-state index contributed by atoms with van der Waals surface area (Å²) in [4.78, 5) is 14.8. The second-order valence-electron chi connectivity index (χ2n) is 5.76. The van der Waals surface area contributed by atoms with Crippen molar-refractivity contribution in [2.75, 3.05) is 58.2 Å². The first-order valence-corrected chi connectivity index (χ1v) is 7.21. The Morgan fingerprint density at radius 2 is 1.90 bits per heavy atom. The lowest BCUT2D eigenvalue weighted by molar-refractivity contribution is -0.933. The first kappa shape index (κ1) is 13.4. The molecule has 0 saturated carbocycles. The van der Waals surface area contributed by atoms with E-state index in [4.69, 9.17) is 4.74 Å². The molecule has 3 heterocycles. The van der Waals surface area contributed by atoms with Crippen molar-refractivity contribution >= 4 is 11.6 Å². The lowest BCUT2D eigenvalue weighted by Gasteiger charge is -2.50. The summed E-state index contributed by atoms with van der Waals surface area (Å²) in [6.45, 7) is 7.25. The molecule has 20 heavy (non-hydrogen) atoms. The Hall–Kier alpha value is -1.59. The minimum absolute atomic E-state index is 0.0878. The zero-order valence-corrected chi connectivity index (χ0v) is 12.0. The van der Waals surface area contributed by atoms with Gasteiger partial charge in [-0.3, -0.25) is 9.69 Å². The Morgan fingerprint density at radius 1 is 1.25 bits per heavy atom. The highest BCUT2D eigenvalue weighted by Crippen LogP contribution is 2.24. The molecule has 1 aromatic carbocycles. The zero-order valence-electron chi connectivity index (χ0n) is 12.0. The summed E-state index contributed by atoms with van der Waals surface area (Å²) in [5.74, 6) is 0.800. The van der Waals surface area contributed by atoms with Gasteiger partial charge in [0.25, 0.3) is 5.91 Å². The van der Waals surface area contributed by atoms with E-state index in [1.54, 1.807) is 7.11 Å². The number of piperazine rings is 3. The van der Waals surface area contributed by atoms with E-state index in [9.17, 15) is 4.79 Å². The molecule has 3 aliphatic rings. The fourth-order valence-electron chi connectivity index (χ4n) is 3.21. The fraction of sp³-hybridized carbons (Fsp3) is 0.533. The highest BCUT2D eigenvalue weighted by molar-refractivity contribution is 5.93. The summed E-state index contributed by atoms with van der Waals surface area (Å²) in [6, 6.07) is 7.55. The number of hydrogen-bond acceptors (Lipinski definition) is 3. The first-order chi connectivity index (χ1) is 9.71. The maximum absolute atomic E-state index is 12.3. The molecule has 1 N–H and O–H groups in total. The maximum Gasteiger partial charge on any atom is 0.279 e. The van der Waals surface area contributed by atoms with Crippen LogP contribution in [0.1, 0.15) is 0 Å². The molecule has 0 aromatic heterocycles. The summed E-state index contributed by atoms with van der Waals surface area (Å²) < 4.78 is 6.21. The molecular formula is C15H22N3O2+. The lowest BCUT2D eigenvalue weighted by Crippen LogP contribution is -2.68. The third-order valence-corrected chi connectivity index (χ3v) is 4.53. The minimum atomic E-state index is 0.0878. The van der Waals surface area contributed by atoms with Crippen LogP contribution in [0.15, 0.2) is 24.3 Å². The van der Waals surface area contributed by atoms with Crippen LogP contribution >= 0.6 is 0 Å². The van der Waals surface area contributed by atoms with Crippen molar-refractivity contribution in [2.24, 2.45) is 0 Å². The third kappa shape index (κ3) is 2.64. The van der Waals surface area contributed by atoms with E-state index in [2.05, 4.69) is 10.2 Å². The summed E-state index contributed by atoms with van der Waals surface area (Å²) in [5.41, 5.74) is 0.758. The standard InChI is InChI=1S/C15H21N3O2/c1-20-14-5-3-2-4-13(14)16-15(19)12-18-9-6-17(7-10-18)8-11-18/h2-5H,6-12H2,1H3/p+1. The van der Waals surface area contributed by atoms with Crippen LogP contribution in [-0.2, 0) is 4.79 Å². The Bertz CT molecular complexity index is 482. The topological polar surface area (TPSA) is 41.6 Å². The van der Waals surface area contributed by atoms with Crippen molar-refractivity contribution < 1.29 is 14.0 Å². The average Bonchev–Trinajstić information content (AvgIpc) is 2.49. The molecule has 0 aliphatic carbocycles. The summed E-state index contributed by atoms with van der Waals surface area (Å²) in [6.07, 6.45) is 0. The van der Waals surface area contributed by atoms with Gasteiger partial charge in [0, 0.05) is 19.6 Å². The van der Waals surface area contributed by atoms with Gasteiger partial charge in [-0.2, -0.15) is 0 Å². The van der Waals surface area contributed by atoms with Gasteiger partial charge >= 0.3 is 0 Å². The number of para-hydroxylation sites is 2. The number of carbonyl (C=O) groups excluding carboxylic acids is 1. The Labute approximate surface area is 119 Å². The molecule has 3 aliphatic heterocycles. The zero-order chi connectivity index (χ0) is 14.0. The van der Waals surface area contributed by atoms with Crippen LogP contribution in [0.25, 0.3) is 0 Å². The van der Waals surface area contributed by atoms with E-state index in [1.807, 2.05) is 24.3 Å². The summed E-state index contributed by atoms with van der Waals surface area (Å²) in [5, 5.41) is 2.99. The number of fused-ring (bicyclic) bond motifs is 3. The van der Waals surface area contributed by atoms with E-state index in [0.717, 1.165) is 49.4 Å². The molecule has 1 aromatic rings. The first-order valence-electron chi connectivity index (χ1n) is 7.21. The SMILES string of the molecule is COc1ccccc1NC(=O)C[N+]12CCN(CC1)CC2. The quantitative estimate of drug-likeness (QED) is 0.826. The number of rotatable bonds is 4. The van der Waals surface area contributed by atoms with Gasteiger partial charge in [0.2, 0.25) is 0 Å². The van der Waals surface area contributed by atoms with Crippen LogP contribution in [-0.4, -0.2) is 68.2 Å². The van der Waals surface area contributed by atoms with Crippen LogP contribution in [0.5, 0.6) is 5.75 Å². The smallest absolute Gasteiger partial charge is 0.279 e. The number of nitrogens with one attached hydrogen (secondary N) is 1. The number of ether oxygens (including phenoxy) is 1. The van der Waals surface area contributed by atoms with Crippen LogP contribution in [0.3, 0.4) is 0 Å². The van der Waals surface area contributed by atoms with Crippen LogP contribution < -0.4 is 10.1 Å². The largest absolute Gasteiger partial charge is 0.495 e. The van der Waals surface area contributed by atoms with Crippen molar-refractivity contribution in [3.63, 3.8) is 0 Å². The molecule has 3 fully saturated rings. The van der Waals surface area contributed by atoms with E-state index >= 15 is 0 Å². The van der Waals surface area contributed by atoms with Gasteiger partial charge in [0.05, 0.1) is 32.4 Å². The second kappa shape index (κ2) is 5.42. The summed E-state index contributed by atoms with van der Waals surface area (Å²) in [7, 11) is 1.62.